The van der Waals surface area contributed by atoms with Gasteiger partial charge in [-0.25, -0.2) is 14.4 Å². The number of aromatic nitrogens is 2. The summed E-state index contributed by atoms with van der Waals surface area (Å²) < 4.78 is 13.6. The smallest absolute Gasteiger partial charge is 0.225 e. The molecule has 2 aromatic rings. The lowest BCUT2D eigenvalue weighted by molar-refractivity contribution is 0.606. The van der Waals surface area contributed by atoms with E-state index in [1.165, 1.54) is 6.07 Å². The maximum atomic E-state index is 13.6. The van der Waals surface area contributed by atoms with E-state index >= 15 is 0 Å². The quantitative estimate of drug-likeness (QED) is 0.887. The van der Waals surface area contributed by atoms with Crippen LogP contribution >= 0.6 is 0 Å². The Kier molecular flexibility index (Phi) is 5.22. The summed E-state index contributed by atoms with van der Waals surface area (Å²) in [4.78, 5) is 10.5. The van der Waals surface area contributed by atoms with Crippen LogP contribution in [-0.4, -0.2) is 23.1 Å². The zero-order valence-corrected chi connectivity index (χ0v) is 12.5. The molecule has 0 spiro atoms. The third-order valence-corrected chi connectivity index (χ3v) is 3.42. The zero-order chi connectivity index (χ0) is 15.2. The molecule has 1 atom stereocenters. The highest BCUT2D eigenvalue weighted by Gasteiger charge is 2.09. The molecule has 0 aliphatic carbocycles. The van der Waals surface area contributed by atoms with Gasteiger partial charge in [0.15, 0.2) is 0 Å². The Bertz CT molecular complexity index is 571. The lowest BCUT2D eigenvalue weighted by Gasteiger charge is -2.17. The van der Waals surface area contributed by atoms with Crippen molar-refractivity contribution in [1.29, 1.82) is 0 Å². The summed E-state index contributed by atoms with van der Waals surface area (Å²) in [5.41, 5.74) is 7.56. The molecular formula is C16H21FN4. The molecule has 0 aliphatic rings. The minimum atomic E-state index is -0.213. The maximum absolute atomic E-state index is 13.6. The Morgan fingerprint density at radius 1 is 1.24 bits per heavy atom. The number of nitrogens with zero attached hydrogens (tertiary/aromatic N) is 3. The summed E-state index contributed by atoms with van der Waals surface area (Å²) in [5, 5.41) is 0. The van der Waals surface area contributed by atoms with Crippen molar-refractivity contribution in [3.63, 3.8) is 0 Å². The summed E-state index contributed by atoms with van der Waals surface area (Å²) >= 11 is 0. The summed E-state index contributed by atoms with van der Waals surface area (Å²) in [6.07, 6.45) is 5.27. The molecule has 21 heavy (non-hydrogen) atoms. The van der Waals surface area contributed by atoms with E-state index in [-0.39, 0.29) is 11.9 Å². The van der Waals surface area contributed by atoms with Crippen molar-refractivity contribution < 1.29 is 4.39 Å². The Morgan fingerprint density at radius 3 is 2.52 bits per heavy atom. The Morgan fingerprint density at radius 2 is 1.90 bits per heavy atom. The Labute approximate surface area is 124 Å². The molecule has 1 aromatic heterocycles. The lowest BCUT2D eigenvalue weighted by atomic mass is 10.1. The predicted octanol–water partition coefficient (Wildman–Crippen LogP) is 2.53. The fourth-order valence-electron chi connectivity index (χ4n) is 2.05. The second kappa shape index (κ2) is 7.13. The third kappa shape index (κ3) is 4.23. The van der Waals surface area contributed by atoms with Gasteiger partial charge in [-0.1, -0.05) is 25.1 Å². The van der Waals surface area contributed by atoms with Crippen molar-refractivity contribution >= 4 is 5.95 Å². The lowest BCUT2D eigenvalue weighted by Crippen LogP contribution is -2.22. The highest BCUT2D eigenvalue weighted by atomic mass is 19.1. The Balaban J connectivity index is 2.03. The van der Waals surface area contributed by atoms with Gasteiger partial charge < -0.3 is 10.6 Å². The van der Waals surface area contributed by atoms with Gasteiger partial charge in [0, 0.05) is 37.6 Å². The molecule has 0 amide bonds. The highest BCUT2D eigenvalue weighted by Crippen LogP contribution is 2.13. The van der Waals surface area contributed by atoms with Crippen molar-refractivity contribution in [3.05, 3.63) is 53.6 Å². The molecule has 2 rings (SSSR count). The van der Waals surface area contributed by atoms with Crippen molar-refractivity contribution in [1.82, 2.24) is 9.97 Å². The topological polar surface area (TPSA) is 55.0 Å². The molecule has 0 saturated heterocycles. The van der Waals surface area contributed by atoms with E-state index in [0.717, 1.165) is 18.4 Å². The second-order valence-corrected chi connectivity index (χ2v) is 5.21. The van der Waals surface area contributed by atoms with Crippen molar-refractivity contribution in [3.8, 4) is 0 Å². The van der Waals surface area contributed by atoms with E-state index in [2.05, 4.69) is 16.9 Å². The predicted molar refractivity (Wildman–Crippen MR) is 82.5 cm³/mol. The van der Waals surface area contributed by atoms with Crippen LogP contribution in [0.1, 0.15) is 24.5 Å². The normalized spacial score (nSPS) is 12.2. The number of benzene rings is 1. The van der Waals surface area contributed by atoms with Gasteiger partial charge in [-0.05, 0) is 24.5 Å². The second-order valence-electron chi connectivity index (χ2n) is 5.21. The van der Waals surface area contributed by atoms with Gasteiger partial charge in [0.1, 0.15) is 5.82 Å². The average Bonchev–Trinajstić information content (AvgIpc) is 2.50. The standard InChI is InChI=1S/C16H21FN4/c1-3-14(18)8-12-9-19-16(20-10-12)21(2)11-13-6-4-5-7-15(13)17/h4-7,9-10,14H,3,8,11,18H2,1-2H3. The van der Waals surface area contributed by atoms with Crippen molar-refractivity contribution in [2.45, 2.75) is 32.4 Å². The fraction of sp³-hybridized carbons (Fsp3) is 0.375. The van der Waals surface area contributed by atoms with E-state index in [9.17, 15) is 4.39 Å². The molecule has 1 unspecified atom stereocenters. The van der Waals surface area contributed by atoms with Crippen molar-refractivity contribution in [2.24, 2.45) is 5.73 Å². The van der Waals surface area contributed by atoms with Gasteiger partial charge in [0.25, 0.3) is 0 Å². The average molecular weight is 288 g/mol. The van der Waals surface area contributed by atoms with Crippen molar-refractivity contribution in [2.75, 3.05) is 11.9 Å². The summed E-state index contributed by atoms with van der Waals surface area (Å²) in [6, 6.07) is 6.86. The van der Waals surface area contributed by atoms with Crippen LogP contribution in [0.2, 0.25) is 0 Å². The first-order valence-corrected chi connectivity index (χ1v) is 7.11. The maximum Gasteiger partial charge on any atom is 0.225 e. The van der Waals surface area contributed by atoms with Crippen LogP contribution in [0.25, 0.3) is 0 Å². The molecule has 0 bridgehead atoms. The molecule has 2 N–H and O–H groups in total. The first kappa shape index (κ1) is 15.4. The van der Waals surface area contributed by atoms with Crippen LogP contribution in [0.4, 0.5) is 10.3 Å². The molecule has 0 aliphatic heterocycles. The van der Waals surface area contributed by atoms with Crippen LogP contribution in [0.5, 0.6) is 0 Å². The van der Waals surface area contributed by atoms with Gasteiger partial charge in [0.2, 0.25) is 5.95 Å². The minimum Gasteiger partial charge on any atom is -0.339 e. The van der Waals surface area contributed by atoms with Gasteiger partial charge in [-0.15, -0.1) is 0 Å². The highest BCUT2D eigenvalue weighted by molar-refractivity contribution is 5.31. The SMILES string of the molecule is CCC(N)Cc1cnc(N(C)Cc2ccccc2F)nc1. The molecule has 1 aromatic carbocycles. The van der Waals surface area contributed by atoms with E-state index in [0.29, 0.717) is 18.1 Å². The van der Waals surface area contributed by atoms with Crippen LogP contribution in [0, 0.1) is 5.82 Å². The number of halogens is 1. The van der Waals surface area contributed by atoms with Gasteiger partial charge >= 0.3 is 0 Å². The molecule has 0 radical (unpaired) electrons. The van der Waals surface area contributed by atoms with Crippen LogP contribution in [-0.2, 0) is 13.0 Å². The first-order valence-electron chi connectivity index (χ1n) is 7.11. The van der Waals surface area contributed by atoms with Crippen LogP contribution in [0.3, 0.4) is 0 Å². The third-order valence-electron chi connectivity index (χ3n) is 3.42. The van der Waals surface area contributed by atoms with Gasteiger partial charge in [0.05, 0.1) is 0 Å². The molecule has 5 heteroatoms. The summed E-state index contributed by atoms with van der Waals surface area (Å²) in [7, 11) is 1.85. The minimum absolute atomic E-state index is 0.135. The number of anilines is 1. The van der Waals surface area contributed by atoms with Gasteiger partial charge in [-0.2, -0.15) is 0 Å². The van der Waals surface area contributed by atoms with E-state index < -0.39 is 0 Å². The van der Waals surface area contributed by atoms with E-state index in [1.54, 1.807) is 24.5 Å². The molecule has 1 heterocycles. The zero-order valence-electron chi connectivity index (χ0n) is 12.5. The summed E-state index contributed by atoms with van der Waals surface area (Å²) in [5.74, 6) is 0.363. The largest absolute Gasteiger partial charge is 0.339 e. The monoisotopic (exact) mass is 288 g/mol. The first-order chi connectivity index (χ1) is 10.1. The van der Waals surface area contributed by atoms with Crippen LogP contribution in [0.15, 0.2) is 36.7 Å². The number of nitrogens with two attached hydrogens (primary N) is 1. The molecule has 4 nitrogen and oxygen atoms in total. The summed E-state index contributed by atoms with van der Waals surface area (Å²) in [6.45, 7) is 2.49. The fourth-order valence-corrected chi connectivity index (χ4v) is 2.05. The molecular weight excluding hydrogens is 267 g/mol. The van der Waals surface area contributed by atoms with Crippen LogP contribution < -0.4 is 10.6 Å². The Hall–Kier alpha value is -2.01. The van der Waals surface area contributed by atoms with E-state index in [4.69, 9.17) is 5.73 Å². The van der Waals surface area contributed by atoms with E-state index in [1.807, 2.05) is 18.0 Å². The molecule has 0 fully saturated rings. The number of rotatable bonds is 6. The number of hydrogen-bond donors (Lipinski definition) is 1. The molecule has 112 valence electrons. The molecule has 0 saturated carbocycles. The van der Waals surface area contributed by atoms with Gasteiger partial charge in [-0.3, -0.25) is 0 Å². The number of hydrogen-bond acceptors (Lipinski definition) is 4.